The molecule has 2 N–H and O–H groups in total. The number of aromatic nitrogens is 1. The number of guanidine groups is 1. The van der Waals surface area contributed by atoms with Crippen LogP contribution in [0.15, 0.2) is 41.5 Å². The van der Waals surface area contributed by atoms with Crippen LogP contribution < -0.4 is 10.6 Å². The largest absolute Gasteiger partial charge is 0.377 e. The van der Waals surface area contributed by atoms with E-state index in [-0.39, 0.29) is 24.0 Å². The lowest BCUT2D eigenvalue weighted by molar-refractivity contribution is 0.117. The fraction of sp³-hybridized carbons (Fsp3) is 0.474. The molecule has 0 amide bonds. The second-order valence-electron chi connectivity index (χ2n) is 5.73. The van der Waals surface area contributed by atoms with Crippen molar-refractivity contribution < 1.29 is 4.74 Å². The van der Waals surface area contributed by atoms with Gasteiger partial charge in [-0.25, -0.2) is 9.98 Å². The summed E-state index contributed by atoms with van der Waals surface area (Å²) >= 11 is 1.69. The molecule has 1 heterocycles. The van der Waals surface area contributed by atoms with Gasteiger partial charge in [0, 0.05) is 30.8 Å². The van der Waals surface area contributed by atoms with Crippen molar-refractivity contribution in [1.29, 1.82) is 0 Å². The maximum atomic E-state index is 5.70. The zero-order chi connectivity index (χ0) is 17.7. The van der Waals surface area contributed by atoms with E-state index in [9.17, 15) is 0 Å². The number of aliphatic imine (C=N–C) groups is 1. The van der Waals surface area contributed by atoms with Crippen LogP contribution in [-0.4, -0.2) is 30.6 Å². The summed E-state index contributed by atoms with van der Waals surface area (Å²) in [5.74, 6) is 0.848. The van der Waals surface area contributed by atoms with Gasteiger partial charge in [0.15, 0.2) is 5.96 Å². The molecule has 0 radical (unpaired) electrons. The van der Waals surface area contributed by atoms with E-state index in [0.29, 0.717) is 13.2 Å². The van der Waals surface area contributed by atoms with Crippen molar-refractivity contribution in [2.75, 3.05) is 19.7 Å². The molecule has 1 aromatic carbocycles. The summed E-state index contributed by atoms with van der Waals surface area (Å²) in [7, 11) is 0. The number of aryl methyl sites for hydroxylation is 1. The van der Waals surface area contributed by atoms with E-state index in [1.807, 2.05) is 24.4 Å². The Balaban J connectivity index is 0.00000338. The van der Waals surface area contributed by atoms with Gasteiger partial charge < -0.3 is 15.4 Å². The Morgan fingerprint density at radius 3 is 2.69 bits per heavy atom. The van der Waals surface area contributed by atoms with Crippen molar-refractivity contribution in [3.05, 3.63) is 52.0 Å². The molecule has 2 rings (SSSR count). The van der Waals surface area contributed by atoms with Crippen molar-refractivity contribution in [2.45, 2.75) is 39.8 Å². The molecule has 0 unspecified atom stereocenters. The van der Waals surface area contributed by atoms with Crippen LogP contribution in [-0.2, 0) is 17.9 Å². The quantitative estimate of drug-likeness (QED) is 0.229. The van der Waals surface area contributed by atoms with E-state index in [1.165, 1.54) is 10.4 Å². The van der Waals surface area contributed by atoms with Crippen LogP contribution in [0.1, 0.15) is 35.2 Å². The van der Waals surface area contributed by atoms with Crippen LogP contribution in [0.2, 0.25) is 0 Å². The first kappa shape index (κ1) is 22.9. The van der Waals surface area contributed by atoms with Gasteiger partial charge in [0.2, 0.25) is 0 Å². The Morgan fingerprint density at radius 2 is 2.00 bits per heavy atom. The highest BCUT2D eigenvalue weighted by molar-refractivity contribution is 14.0. The van der Waals surface area contributed by atoms with Crippen LogP contribution in [0.5, 0.6) is 0 Å². The van der Waals surface area contributed by atoms with Crippen molar-refractivity contribution in [2.24, 2.45) is 4.99 Å². The first-order valence-electron chi connectivity index (χ1n) is 8.83. The van der Waals surface area contributed by atoms with Gasteiger partial charge in [-0.05, 0) is 32.3 Å². The third kappa shape index (κ3) is 9.49. The summed E-state index contributed by atoms with van der Waals surface area (Å²) in [6.45, 7) is 7.96. The SMILES string of the molecule is CCNC(=NCc1ncc(C)s1)NCCCCOCc1ccccc1.I. The molecule has 0 bridgehead atoms. The van der Waals surface area contributed by atoms with Gasteiger partial charge in [0.05, 0.1) is 13.2 Å². The van der Waals surface area contributed by atoms with Crippen molar-refractivity contribution in [3.8, 4) is 0 Å². The maximum absolute atomic E-state index is 5.70. The van der Waals surface area contributed by atoms with E-state index in [2.05, 4.69) is 46.6 Å². The molecule has 0 saturated carbocycles. The average Bonchev–Trinajstić information content (AvgIpc) is 3.05. The number of nitrogens with zero attached hydrogens (tertiary/aromatic N) is 2. The summed E-state index contributed by atoms with van der Waals surface area (Å²) in [5.41, 5.74) is 1.22. The smallest absolute Gasteiger partial charge is 0.191 e. The second-order valence-corrected chi connectivity index (χ2v) is 7.05. The Kier molecular flexibility index (Phi) is 12.3. The lowest BCUT2D eigenvalue weighted by Crippen LogP contribution is -2.37. The third-order valence-electron chi connectivity index (χ3n) is 3.51. The molecule has 0 saturated heterocycles. The minimum absolute atomic E-state index is 0. The van der Waals surface area contributed by atoms with Gasteiger partial charge in [-0.1, -0.05) is 30.3 Å². The number of thiazole rings is 1. The average molecular weight is 488 g/mol. The van der Waals surface area contributed by atoms with Crippen molar-refractivity contribution >= 4 is 41.3 Å². The first-order valence-corrected chi connectivity index (χ1v) is 9.64. The van der Waals surface area contributed by atoms with Crippen LogP contribution in [0.4, 0.5) is 0 Å². The number of hydrogen-bond acceptors (Lipinski definition) is 4. The zero-order valence-corrected chi connectivity index (χ0v) is 18.7. The van der Waals surface area contributed by atoms with Crippen LogP contribution >= 0.6 is 35.3 Å². The summed E-state index contributed by atoms with van der Waals surface area (Å²) in [6.07, 6.45) is 3.98. The van der Waals surface area contributed by atoms with Crippen molar-refractivity contribution in [1.82, 2.24) is 15.6 Å². The van der Waals surface area contributed by atoms with Gasteiger partial charge in [-0.2, -0.15) is 0 Å². The summed E-state index contributed by atoms with van der Waals surface area (Å²) in [6, 6.07) is 10.3. The predicted molar refractivity (Wildman–Crippen MR) is 120 cm³/mol. The molecule has 0 aliphatic carbocycles. The number of benzene rings is 1. The molecule has 0 atom stereocenters. The highest BCUT2D eigenvalue weighted by atomic mass is 127. The number of ether oxygens (including phenoxy) is 1. The van der Waals surface area contributed by atoms with E-state index in [4.69, 9.17) is 4.74 Å². The number of hydrogen-bond donors (Lipinski definition) is 2. The Morgan fingerprint density at radius 1 is 1.19 bits per heavy atom. The standard InChI is InChI=1S/C19H28N4OS.HI/c1-3-20-19(23-14-18-22-13-16(2)25-18)21-11-7-8-12-24-15-17-9-5-4-6-10-17;/h4-6,9-10,13H,3,7-8,11-12,14-15H2,1-2H3,(H2,20,21,23);1H. The van der Waals surface area contributed by atoms with Crippen LogP contribution in [0, 0.1) is 6.92 Å². The highest BCUT2D eigenvalue weighted by Crippen LogP contribution is 2.11. The van der Waals surface area contributed by atoms with Crippen LogP contribution in [0.25, 0.3) is 0 Å². The summed E-state index contributed by atoms with van der Waals surface area (Å²) < 4.78 is 5.70. The first-order chi connectivity index (χ1) is 12.3. The lowest BCUT2D eigenvalue weighted by Gasteiger charge is -2.11. The second kappa shape index (κ2) is 13.9. The molecule has 2 aromatic rings. The fourth-order valence-corrected chi connectivity index (χ4v) is 2.97. The van der Waals surface area contributed by atoms with Gasteiger partial charge in [0.25, 0.3) is 0 Å². The van der Waals surface area contributed by atoms with E-state index < -0.39 is 0 Å². The van der Waals surface area contributed by atoms with Crippen LogP contribution in [0.3, 0.4) is 0 Å². The Labute approximate surface area is 177 Å². The molecule has 0 fully saturated rings. The number of rotatable bonds is 10. The molecule has 144 valence electrons. The topological polar surface area (TPSA) is 58.5 Å². The van der Waals surface area contributed by atoms with Gasteiger partial charge in [0.1, 0.15) is 5.01 Å². The molecular formula is C19H29IN4OS. The molecule has 5 nitrogen and oxygen atoms in total. The number of unbranched alkanes of at least 4 members (excludes halogenated alkanes) is 1. The van der Waals surface area contributed by atoms with Crippen molar-refractivity contribution in [3.63, 3.8) is 0 Å². The minimum atomic E-state index is 0. The van der Waals surface area contributed by atoms with E-state index in [0.717, 1.165) is 43.5 Å². The van der Waals surface area contributed by atoms with E-state index >= 15 is 0 Å². The van der Waals surface area contributed by atoms with Gasteiger partial charge in [-0.15, -0.1) is 35.3 Å². The predicted octanol–water partition coefficient (Wildman–Crippen LogP) is 4.12. The molecule has 0 aliphatic rings. The Hall–Kier alpha value is -1.19. The molecule has 7 heteroatoms. The molecule has 0 spiro atoms. The van der Waals surface area contributed by atoms with E-state index in [1.54, 1.807) is 11.3 Å². The third-order valence-corrected chi connectivity index (χ3v) is 4.40. The number of nitrogens with one attached hydrogen (secondary N) is 2. The summed E-state index contributed by atoms with van der Waals surface area (Å²) in [5, 5.41) is 7.68. The zero-order valence-electron chi connectivity index (χ0n) is 15.5. The lowest BCUT2D eigenvalue weighted by atomic mass is 10.2. The monoisotopic (exact) mass is 488 g/mol. The molecule has 1 aromatic heterocycles. The fourth-order valence-electron chi connectivity index (χ4n) is 2.26. The molecule has 26 heavy (non-hydrogen) atoms. The highest BCUT2D eigenvalue weighted by Gasteiger charge is 2.00. The summed E-state index contributed by atoms with van der Waals surface area (Å²) in [4.78, 5) is 10.1. The molecular weight excluding hydrogens is 459 g/mol. The van der Waals surface area contributed by atoms with Gasteiger partial charge in [-0.3, -0.25) is 0 Å². The minimum Gasteiger partial charge on any atom is -0.377 e. The maximum Gasteiger partial charge on any atom is 0.191 e. The normalized spacial score (nSPS) is 11.1. The molecule has 0 aliphatic heterocycles. The number of halogens is 1. The Bertz CT molecular complexity index is 633. The van der Waals surface area contributed by atoms with Gasteiger partial charge >= 0.3 is 0 Å².